The molecular formula is C15H11ClFN3O. The summed E-state index contributed by atoms with van der Waals surface area (Å²) >= 11 is 5.96. The second-order valence-electron chi connectivity index (χ2n) is 4.41. The van der Waals surface area contributed by atoms with E-state index in [1.165, 1.54) is 13.2 Å². The van der Waals surface area contributed by atoms with Gasteiger partial charge in [-0.3, -0.25) is 0 Å². The molecule has 3 rings (SSSR count). The molecule has 0 unspecified atom stereocenters. The number of ether oxygens (including phenoxy) is 1. The first kappa shape index (κ1) is 13.6. The number of aromatic nitrogens is 2. The number of nitrogens with two attached hydrogens (primary N) is 1. The summed E-state index contributed by atoms with van der Waals surface area (Å²) in [5, 5.41) is 1.19. The number of fused-ring (bicyclic) bond motifs is 1. The van der Waals surface area contributed by atoms with Crippen molar-refractivity contribution in [2.24, 2.45) is 0 Å². The van der Waals surface area contributed by atoms with Crippen LogP contribution in [-0.4, -0.2) is 17.1 Å². The smallest absolute Gasteiger partial charge is 0.168 e. The molecule has 106 valence electrons. The molecule has 1 aromatic heterocycles. The fourth-order valence-electron chi connectivity index (χ4n) is 2.13. The highest BCUT2D eigenvalue weighted by atomic mass is 35.5. The molecule has 0 aliphatic rings. The van der Waals surface area contributed by atoms with Gasteiger partial charge in [0.1, 0.15) is 17.4 Å². The molecule has 2 N–H and O–H groups in total. The van der Waals surface area contributed by atoms with Gasteiger partial charge < -0.3 is 10.5 Å². The Labute approximate surface area is 125 Å². The van der Waals surface area contributed by atoms with E-state index in [0.717, 1.165) is 0 Å². The predicted octanol–water partition coefficient (Wildman–Crippen LogP) is 3.68. The fourth-order valence-corrected chi connectivity index (χ4v) is 2.30. The number of nitrogens with zero attached hydrogens (tertiary/aromatic N) is 2. The number of methoxy groups -OCH3 is 1. The number of halogens is 2. The van der Waals surface area contributed by atoms with Gasteiger partial charge in [0.15, 0.2) is 5.82 Å². The summed E-state index contributed by atoms with van der Waals surface area (Å²) in [7, 11) is 1.46. The number of hydrogen-bond donors (Lipinski definition) is 1. The number of rotatable bonds is 2. The third-order valence-corrected chi connectivity index (χ3v) is 3.34. The van der Waals surface area contributed by atoms with E-state index in [9.17, 15) is 4.39 Å². The van der Waals surface area contributed by atoms with Crippen LogP contribution >= 0.6 is 11.6 Å². The molecule has 0 fully saturated rings. The minimum atomic E-state index is -0.477. The molecule has 0 radical (unpaired) electrons. The zero-order valence-corrected chi connectivity index (χ0v) is 11.9. The van der Waals surface area contributed by atoms with Gasteiger partial charge in [0.05, 0.1) is 18.2 Å². The first-order valence-electron chi connectivity index (χ1n) is 6.16. The van der Waals surface area contributed by atoms with Crippen molar-refractivity contribution in [3.8, 4) is 17.1 Å². The topological polar surface area (TPSA) is 61.0 Å². The van der Waals surface area contributed by atoms with E-state index in [2.05, 4.69) is 9.97 Å². The molecule has 0 spiro atoms. The Bertz CT molecular complexity index is 839. The monoisotopic (exact) mass is 303 g/mol. The van der Waals surface area contributed by atoms with Crippen LogP contribution in [-0.2, 0) is 0 Å². The lowest BCUT2D eigenvalue weighted by Crippen LogP contribution is -2.00. The third-order valence-electron chi connectivity index (χ3n) is 3.11. The van der Waals surface area contributed by atoms with Gasteiger partial charge >= 0.3 is 0 Å². The highest BCUT2D eigenvalue weighted by molar-refractivity contribution is 6.31. The standard InChI is InChI=1S/C15H11ClFN3O/c1-21-12-4-2-3-10(17)13(12)15-19-11-7-8(16)5-6-9(11)14(18)20-15/h2-7H,1H3,(H2,18,19,20). The van der Waals surface area contributed by atoms with Crippen LogP contribution in [0.4, 0.5) is 10.2 Å². The maximum atomic E-state index is 14.1. The molecule has 2 aromatic carbocycles. The van der Waals surface area contributed by atoms with E-state index in [-0.39, 0.29) is 17.2 Å². The van der Waals surface area contributed by atoms with E-state index in [0.29, 0.717) is 21.7 Å². The minimum Gasteiger partial charge on any atom is -0.496 e. The summed E-state index contributed by atoms with van der Waals surface area (Å²) < 4.78 is 19.3. The Kier molecular flexibility index (Phi) is 3.35. The molecular weight excluding hydrogens is 293 g/mol. The van der Waals surface area contributed by atoms with E-state index >= 15 is 0 Å². The maximum Gasteiger partial charge on any atom is 0.168 e. The summed E-state index contributed by atoms with van der Waals surface area (Å²) in [5.74, 6) is 0.292. The van der Waals surface area contributed by atoms with Crippen LogP contribution in [0.2, 0.25) is 5.02 Å². The van der Waals surface area contributed by atoms with Crippen LogP contribution in [0.15, 0.2) is 36.4 Å². The van der Waals surface area contributed by atoms with Crippen molar-refractivity contribution < 1.29 is 9.13 Å². The Morgan fingerprint density at radius 3 is 2.76 bits per heavy atom. The van der Waals surface area contributed by atoms with Gasteiger partial charge in [0.2, 0.25) is 0 Å². The lowest BCUT2D eigenvalue weighted by atomic mass is 10.1. The minimum absolute atomic E-state index is 0.164. The molecule has 0 saturated heterocycles. The molecule has 0 saturated carbocycles. The zero-order valence-electron chi connectivity index (χ0n) is 11.1. The second-order valence-corrected chi connectivity index (χ2v) is 4.85. The van der Waals surface area contributed by atoms with Gasteiger partial charge in [-0.15, -0.1) is 0 Å². The van der Waals surface area contributed by atoms with Crippen LogP contribution in [0.1, 0.15) is 0 Å². The van der Waals surface area contributed by atoms with Crippen LogP contribution in [0.25, 0.3) is 22.3 Å². The van der Waals surface area contributed by atoms with Gasteiger partial charge in [0.25, 0.3) is 0 Å². The second kappa shape index (κ2) is 5.18. The van der Waals surface area contributed by atoms with Crippen molar-refractivity contribution in [3.05, 3.63) is 47.2 Å². The molecule has 0 atom stereocenters. The van der Waals surface area contributed by atoms with Gasteiger partial charge in [-0.25, -0.2) is 14.4 Å². The number of benzene rings is 2. The van der Waals surface area contributed by atoms with E-state index in [4.69, 9.17) is 22.1 Å². The lowest BCUT2D eigenvalue weighted by Gasteiger charge is -2.10. The van der Waals surface area contributed by atoms with Crippen molar-refractivity contribution in [3.63, 3.8) is 0 Å². The largest absolute Gasteiger partial charge is 0.496 e. The Morgan fingerprint density at radius 1 is 1.19 bits per heavy atom. The first-order valence-corrected chi connectivity index (χ1v) is 6.53. The van der Waals surface area contributed by atoms with Crippen LogP contribution < -0.4 is 10.5 Å². The Hall–Kier alpha value is -2.40. The van der Waals surface area contributed by atoms with Crippen LogP contribution in [0.3, 0.4) is 0 Å². The molecule has 0 aliphatic heterocycles. The molecule has 3 aromatic rings. The normalized spacial score (nSPS) is 10.8. The molecule has 0 bridgehead atoms. The van der Waals surface area contributed by atoms with E-state index in [1.54, 1.807) is 30.3 Å². The predicted molar refractivity (Wildman–Crippen MR) is 80.9 cm³/mol. The molecule has 1 heterocycles. The number of nitrogen functional groups attached to an aromatic ring is 1. The average Bonchev–Trinajstić information content (AvgIpc) is 2.46. The molecule has 0 amide bonds. The molecule has 0 aliphatic carbocycles. The number of hydrogen-bond acceptors (Lipinski definition) is 4. The molecule has 6 heteroatoms. The van der Waals surface area contributed by atoms with Gasteiger partial charge in [0, 0.05) is 10.4 Å². The van der Waals surface area contributed by atoms with Crippen molar-refractivity contribution in [1.29, 1.82) is 0 Å². The SMILES string of the molecule is COc1cccc(F)c1-c1nc(N)c2ccc(Cl)cc2n1. The molecule has 21 heavy (non-hydrogen) atoms. The van der Waals surface area contributed by atoms with Gasteiger partial charge in [-0.1, -0.05) is 17.7 Å². The average molecular weight is 304 g/mol. The van der Waals surface area contributed by atoms with Crippen LogP contribution in [0, 0.1) is 5.82 Å². The summed E-state index contributed by atoms with van der Waals surface area (Å²) in [4.78, 5) is 8.52. The molecule has 4 nitrogen and oxygen atoms in total. The van der Waals surface area contributed by atoms with Gasteiger partial charge in [-0.05, 0) is 30.3 Å². The summed E-state index contributed by atoms with van der Waals surface area (Å²) in [5.41, 5.74) is 6.65. The first-order chi connectivity index (χ1) is 10.1. The Balaban J connectivity index is 2.31. The lowest BCUT2D eigenvalue weighted by molar-refractivity contribution is 0.413. The highest BCUT2D eigenvalue weighted by Gasteiger charge is 2.16. The van der Waals surface area contributed by atoms with Crippen molar-refractivity contribution in [1.82, 2.24) is 9.97 Å². The maximum absolute atomic E-state index is 14.1. The quantitative estimate of drug-likeness (QED) is 0.784. The van der Waals surface area contributed by atoms with E-state index < -0.39 is 5.82 Å². The Morgan fingerprint density at radius 2 is 2.00 bits per heavy atom. The third kappa shape index (κ3) is 2.36. The summed E-state index contributed by atoms with van der Waals surface area (Å²) in [6, 6.07) is 9.60. The summed E-state index contributed by atoms with van der Waals surface area (Å²) in [6.07, 6.45) is 0. The summed E-state index contributed by atoms with van der Waals surface area (Å²) in [6.45, 7) is 0. The van der Waals surface area contributed by atoms with Gasteiger partial charge in [-0.2, -0.15) is 0 Å². The highest BCUT2D eigenvalue weighted by Crippen LogP contribution is 2.32. The van der Waals surface area contributed by atoms with Crippen LogP contribution in [0.5, 0.6) is 5.75 Å². The van der Waals surface area contributed by atoms with E-state index in [1.807, 2.05) is 0 Å². The number of anilines is 1. The fraction of sp³-hybridized carbons (Fsp3) is 0.0667. The van der Waals surface area contributed by atoms with Crippen molar-refractivity contribution >= 4 is 28.3 Å². The zero-order chi connectivity index (χ0) is 15.0. The van der Waals surface area contributed by atoms with Crippen molar-refractivity contribution in [2.45, 2.75) is 0 Å². The van der Waals surface area contributed by atoms with Crippen molar-refractivity contribution in [2.75, 3.05) is 12.8 Å².